The number of aryl methyl sites for hydroxylation is 8. The third-order valence-electron chi connectivity index (χ3n) is 24.7. The van der Waals surface area contributed by atoms with E-state index in [1.54, 1.807) is 53.9 Å². The minimum atomic E-state index is -0.249. The Morgan fingerprint density at radius 1 is 0.355 bits per heavy atom. The molecule has 4 N–H and O–H groups in total. The lowest BCUT2D eigenvalue weighted by molar-refractivity contribution is -0.136. The summed E-state index contributed by atoms with van der Waals surface area (Å²) in [7, 11) is 7.98. The van der Waals surface area contributed by atoms with E-state index >= 15 is 0 Å². The highest BCUT2D eigenvalue weighted by atomic mass is 16.5. The maximum Gasteiger partial charge on any atom is 0.409 e. The fraction of sp³-hybridized carbons (Fsp3) is 0.388. The number of ether oxygens (including phenoxy) is 2. The van der Waals surface area contributed by atoms with Crippen LogP contribution in [0.4, 0.5) is 4.79 Å². The van der Waals surface area contributed by atoms with Crippen molar-refractivity contribution in [1.82, 2.24) is 78.4 Å². The lowest BCUT2D eigenvalue weighted by Gasteiger charge is -2.32. The monoisotopic (exact) mass is 1680 g/mol. The van der Waals surface area contributed by atoms with Crippen LogP contribution in [-0.2, 0) is 49.5 Å². The van der Waals surface area contributed by atoms with Gasteiger partial charge in [-0.1, -0.05) is 24.3 Å². The van der Waals surface area contributed by atoms with E-state index in [9.17, 15) is 38.4 Å². The molecule has 648 valence electrons. The van der Waals surface area contributed by atoms with Crippen LogP contribution >= 0.6 is 0 Å². The predicted molar refractivity (Wildman–Crippen MR) is 483 cm³/mol. The van der Waals surface area contributed by atoms with Crippen molar-refractivity contribution in [1.29, 1.82) is 0 Å². The lowest BCUT2D eigenvalue weighted by atomic mass is 9.90. The molecule has 2 atom stereocenters. The Morgan fingerprint density at radius 3 is 0.927 bits per heavy atom. The number of methoxy groups -OCH3 is 1. The van der Waals surface area contributed by atoms with Crippen LogP contribution in [0.25, 0.3) is 67.6 Å². The van der Waals surface area contributed by atoms with E-state index in [1.807, 2.05) is 128 Å². The molecule has 8 aromatic heterocycles. The van der Waals surface area contributed by atoms with E-state index in [4.69, 9.17) is 29.4 Å². The van der Waals surface area contributed by atoms with Gasteiger partial charge in [-0.25, -0.2) is 24.7 Å². The van der Waals surface area contributed by atoms with Crippen LogP contribution in [0.3, 0.4) is 0 Å². The molecule has 0 aliphatic carbocycles. The molecule has 0 spiro atoms. The first-order chi connectivity index (χ1) is 59.5. The number of imidazole rings is 4. The Balaban J connectivity index is 0.000000142. The maximum absolute atomic E-state index is 12.0. The summed E-state index contributed by atoms with van der Waals surface area (Å²) in [6.07, 6.45) is 16.2. The van der Waals surface area contributed by atoms with Gasteiger partial charge in [-0.3, -0.25) is 33.6 Å². The Hall–Kier alpha value is -12.8. The Bertz CT molecular complexity index is 6030. The number of morpholine rings is 1. The largest absolute Gasteiger partial charge is 0.453 e. The Kier molecular flexibility index (Phi) is 28.1. The standard InChI is InChI=1S/C25H30N4O3.C25H30N4O2.C24H28N4O3.C24H28N4O2/c1-16-7-12-29-21(15-18-8-10-28(11-9-18)25(31)32-4)23(27-22(29)13-16)20-6-5-19(14-17(20)2)24(30)26-3;1-16-7-12-29-22(15-19-8-10-28(11-9-19)18(3)30)24(27-23(29)13-16)21-6-5-20(14-17(21)2)25(31)26-4;1-15-7-8-28-21(13-19-14-27(17(3)29)9-10-31-19)23(26-22(28)11-15)20-6-5-18(12-16(20)2)24(30)25-4;1-15-7-10-28-21(13-18-8-9-27(14-18)17(3)29)23(26-22(28)11-15)20-6-5-19(12-16(20)2)24(30)25-4/h5-7,12-14,18H,8-11,15H2,1-4H3,(H,26,30);5-7,12-14,19H,8-11,15H2,1-4H3,(H,26,31);5-8,11-12,19H,9-10,13-14H2,1-4H3,(H,25,30);5-7,10-12,18H,8-9,13-14H2,1-4H3,(H,25,30)/t;;19-;/m..1./s1. The lowest BCUT2D eigenvalue weighted by Crippen LogP contribution is -2.45. The van der Waals surface area contributed by atoms with E-state index in [0.717, 1.165) is 184 Å². The first-order valence-electron chi connectivity index (χ1n) is 43.0. The molecule has 12 heterocycles. The molecule has 0 bridgehead atoms. The number of nitrogens with one attached hydrogen (secondary N) is 4. The smallest absolute Gasteiger partial charge is 0.409 e. The topological polar surface area (TPSA) is 285 Å². The summed E-state index contributed by atoms with van der Waals surface area (Å²) in [4.78, 5) is 123. The van der Waals surface area contributed by atoms with E-state index in [1.165, 1.54) is 35.2 Å². The molecule has 124 heavy (non-hydrogen) atoms. The van der Waals surface area contributed by atoms with Crippen LogP contribution in [0, 0.1) is 73.1 Å². The van der Waals surface area contributed by atoms with Crippen LogP contribution in [0.5, 0.6) is 0 Å². The summed E-state index contributed by atoms with van der Waals surface area (Å²) in [6, 6.07) is 39.8. The van der Waals surface area contributed by atoms with Crippen LogP contribution in [0.2, 0.25) is 0 Å². The minimum absolute atomic E-state index is 0.0722. The highest BCUT2D eigenvalue weighted by Gasteiger charge is 2.32. The molecular formula is C98H116N16O10. The predicted octanol–water partition coefficient (Wildman–Crippen LogP) is 13.9. The number of hydrogen-bond acceptors (Lipinski definition) is 14. The summed E-state index contributed by atoms with van der Waals surface area (Å²) in [5.74, 6) is 1.39. The van der Waals surface area contributed by atoms with Crippen molar-refractivity contribution in [3.05, 3.63) is 236 Å². The number of amides is 8. The number of fused-ring (bicyclic) bond motifs is 4. The number of carbonyl (C=O) groups is 8. The van der Waals surface area contributed by atoms with Gasteiger partial charge in [0, 0.05) is 177 Å². The Morgan fingerprint density at radius 2 is 0.637 bits per heavy atom. The van der Waals surface area contributed by atoms with Gasteiger partial charge in [-0.15, -0.1) is 0 Å². The molecule has 12 aromatic rings. The van der Waals surface area contributed by atoms with Gasteiger partial charge in [0.15, 0.2) is 0 Å². The summed E-state index contributed by atoms with van der Waals surface area (Å²) < 4.78 is 19.5. The molecule has 8 amide bonds. The van der Waals surface area contributed by atoms with Gasteiger partial charge in [0.25, 0.3) is 23.6 Å². The van der Waals surface area contributed by atoms with Crippen molar-refractivity contribution >= 4 is 70.0 Å². The zero-order valence-corrected chi connectivity index (χ0v) is 74.3. The molecule has 4 fully saturated rings. The van der Waals surface area contributed by atoms with Gasteiger partial charge in [0.1, 0.15) is 22.6 Å². The van der Waals surface area contributed by atoms with E-state index < -0.39 is 0 Å². The van der Waals surface area contributed by atoms with E-state index in [-0.39, 0.29) is 53.5 Å². The summed E-state index contributed by atoms with van der Waals surface area (Å²) >= 11 is 0. The number of benzene rings is 4. The molecule has 4 aliphatic heterocycles. The van der Waals surface area contributed by atoms with Crippen LogP contribution in [0.1, 0.15) is 162 Å². The zero-order chi connectivity index (χ0) is 88.5. The summed E-state index contributed by atoms with van der Waals surface area (Å²) in [5, 5.41) is 10.7. The molecule has 26 heteroatoms. The molecule has 4 aliphatic rings. The second kappa shape index (κ2) is 39.1. The number of carbonyl (C=O) groups excluding carboxylic acids is 8. The van der Waals surface area contributed by atoms with Crippen molar-refractivity contribution in [3.63, 3.8) is 0 Å². The van der Waals surface area contributed by atoms with Crippen molar-refractivity contribution in [2.45, 2.75) is 140 Å². The second-order valence-corrected chi connectivity index (χ2v) is 33.5. The number of pyridine rings is 4. The minimum Gasteiger partial charge on any atom is -0.453 e. The number of hydrogen-bond donors (Lipinski definition) is 4. The summed E-state index contributed by atoms with van der Waals surface area (Å²) in [5.41, 5.74) is 27.5. The van der Waals surface area contributed by atoms with Crippen molar-refractivity contribution < 1.29 is 47.8 Å². The fourth-order valence-electron chi connectivity index (χ4n) is 17.6. The highest BCUT2D eigenvalue weighted by Crippen LogP contribution is 2.38. The number of nitrogens with zero attached hydrogens (tertiary/aromatic N) is 12. The quantitative estimate of drug-likeness (QED) is 0.0700. The molecule has 1 unspecified atom stereocenters. The number of likely N-dealkylation sites (tertiary alicyclic amines) is 3. The van der Waals surface area contributed by atoms with Gasteiger partial charge in [-0.05, 0) is 266 Å². The average molecular weight is 1680 g/mol. The zero-order valence-electron chi connectivity index (χ0n) is 74.3. The Labute approximate surface area is 725 Å². The van der Waals surface area contributed by atoms with Gasteiger partial charge in [0.2, 0.25) is 17.7 Å². The maximum atomic E-state index is 12.0. The number of piperidine rings is 2. The first-order valence-corrected chi connectivity index (χ1v) is 43.0. The van der Waals surface area contributed by atoms with Crippen molar-refractivity contribution in [2.24, 2.45) is 17.8 Å². The highest BCUT2D eigenvalue weighted by molar-refractivity contribution is 5.97. The molecule has 4 saturated heterocycles. The van der Waals surface area contributed by atoms with Gasteiger partial charge < -0.3 is 67.9 Å². The molecular weight excluding hydrogens is 1560 g/mol. The normalized spacial score (nSPS) is 15.5. The average Bonchev–Trinajstić information content (AvgIpc) is 1.63. The number of rotatable bonds is 16. The molecule has 4 aromatic carbocycles. The van der Waals surface area contributed by atoms with Crippen LogP contribution in [-0.4, -0.2) is 205 Å². The fourth-order valence-corrected chi connectivity index (χ4v) is 17.6. The van der Waals surface area contributed by atoms with Crippen LogP contribution < -0.4 is 21.3 Å². The van der Waals surface area contributed by atoms with Gasteiger partial charge in [-0.2, -0.15) is 0 Å². The van der Waals surface area contributed by atoms with Gasteiger partial charge >= 0.3 is 6.09 Å². The van der Waals surface area contributed by atoms with Crippen molar-refractivity contribution in [3.8, 4) is 45.0 Å². The third kappa shape index (κ3) is 20.1. The molecule has 16 rings (SSSR count). The SMILES string of the molecule is CNC(=O)c1ccc(-c2nc3cc(C)ccn3c2CC2CCN(C(=O)OC)CC2)c(C)c1.CNC(=O)c1ccc(-c2nc3cc(C)ccn3c2CC2CCN(C(C)=O)C2)c(C)c1.CNC(=O)c1ccc(-c2nc3cc(C)ccn3c2CC2CCN(C(C)=O)CC2)c(C)c1.CNC(=O)c1ccc(-c2nc3cc(C)ccn3c2C[C@@H]2CN(C(C)=O)CCO2)c(C)c1. The van der Waals surface area contributed by atoms with Crippen LogP contribution in [0.15, 0.2) is 146 Å². The molecule has 26 nitrogen and oxygen atoms in total. The second-order valence-electron chi connectivity index (χ2n) is 33.5. The third-order valence-corrected chi connectivity index (χ3v) is 24.7. The number of aromatic nitrogens is 8. The summed E-state index contributed by atoms with van der Waals surface area (Å²) in [6.45, 7) is 27.7. The molecule has 0 saturated carbocycles. The van der Waals surface area contributed by atoms with E-state index in [0.29, 0.717) is 79.2 Å². The first kappa shape index (κ1) is 88.9. The van der Waals surface area contributed by atoms with E-state index in [2.05, 4.69) is 127 Å². The van der Waals surface area contributed by atoms with Crippen molar-refractivity contribution in [2.75, 3.05) is 94.3 Å². The van der Waals surface area contributed by atoms with Gasteiger partial charge in [0.05, 0.1) is 65.4 Å². The molecule has 0 radical (unpaired) electrons.